The molecule has 5 heteroatoms. The molecule has 1 amide bonds. The van der Waals surface area contributed by atoms with Crippen molar-refractivity contribution in [3.8, 4) is 5.75 Å². The average Bonchev–Trinajstić information content (AvgIpc) is 2.39. The molecule has 3 N–H and O–H groups in total. The molecule has 0 aliphatic carbocycles. The minimum absolute atomic E-state index is 0.203. The molecule has 0 aliphatic rings. The molecule has 0 fully saturated rings. The van der Waals surface area contributed by atoms with Crippen molar-refractivity contribution in [1.82, 2.24) is 0 Å². The van der Waals surface area contributed by atoms with E-state index in [9.17, 15) is 4.79 Å². The smallest absolute Gasteiger partial charge is 0.255 e. The number of carbonyl (C=O) groups is 1. The van der Waals surface area contributed by atoms with E-state index in [1.165, 1.54) is 0 Å². The quantitative estimate of drug-likeness (QED) is 0.843. The highest BCUT2D eigenvalue weighted by Crippen LogP contribution is 2.25. The zero-order chi connectivity index (χ0) is 14.7. The first-order valence-electron chi connectivity index (χ1n) is 6.01. The highest BCUT2D eigenvalue weighted by atomic mass is 79.9. The van der Waals surface area contributed by atoms with Gasteiger partial charge in [0.05, 0.1) is 18.5 Å². The molecule has 2 aromatic carbocycles. The number of nitrogen functional groups attached to an aromatic ring is 1. The van der Waals surface area contributed by atoms with Gasteiger partial charge in [-0.1, -0.05) is 15.9 Å². The number of aryl methyl sites for hydroxylation is 1. The summed E-state index contributed by atoms with van der Waals surface area (Å²) in [6.45, 7) is 1.93. The first kappa shape index (κ1) is 14.4. The molecule has 2 aromatic rings. The molecule has 0 bridgehead atoms. The predicted octanol–water partition coefficient (Wildman–Crippen LogP) is 3.60. The first-order chi connectivity index (χ1) is 9.49. The van der Waals surface area contributed by atoms with E-state index < -0.39 is 0 Å². The summed E-state index contributed by atoms with van der Waals surface area (Å²) in [6.07, 6.45) is 0. The number of hydrogen-bond acceptors (Lipinski definition) is 3. The fourth-order valence-corrected chi connectivity index (χ4v) is 2.45. The van der Waals surface area contributed by atoms with Crippen LogP contribution in [0.15, 0.2) is 40.9 Å². The SMILES string of the molecule is COc1ccc(NC(=O)c2cc(C)cc(Br)c2)c(N)c1. The molecule has 0 saturated heterocycles. The number of halogens is 1. The molecule has 0 atom stereocenters. The van der Waals surface area contributed by atoms with E-state index in [1.54, 1.807) is 31.4 Å². The molecule has 0 aromatic heterocycles. The van der Waals surface area contributed by atoms with Gasteiger partial charge in [-0.2, -0.15) is 0 Å². The van der Waals surface area contributed by atoms with E-state index in [-0.39, 0.29) is 5.91 Å². The summed E-state index contributed by atoms with van der Waals surface area (Å²) in [4.78, 5) is 12.2. The van der Waals surface area contributed by atoms with Crippen LogP contribution in [0.25, 0.3) is 0 Å². The lowest BCUT2D eigenvalue weighted by Gasteiger charge is -2.10. The summed E-state index contributed by atoms with van der Waals surface area (Å²) in [5.41, 5.74) is 8.49. The summed E-state index contributed by atoms with van der Waals surface area (Å²) in [5, 5.41) is 2.79. The summed E-state index contributed by atoms with van der Waals surface area (Å²) in [7, 11) is 1.57. The van der Waals surface area contributed by atoms with E-state index in [0.717, 1.165) is 10.0 Å². The van der Waals surface area contributed by atoms with Crippen molar-refractivity contribution in [2.45, 2.75) is 6.92 Å². The van der Waals surface area contributed by atoms with Crippen LogP contribution in [-0.2, 0) is 0 Å². The van der Waals surface area contributed by atoms with E-state index in [1.807, 2.05) is 19.1 Å². The number of nitrogens with one attached hydrogen (secondary N) is 1. The third-order valence-electron chi connectivity index (χ3n) is 2.81. The molecule has 0 unspecified atom stereocenters. The Hall–Kier alpha value is -2.01. The van der Waals surface area contributed by atoms with Crippen LogP contribution in [0.3, 0.4) is 0 Å². The Morgan fingerprint density at radius 1 is 1.25 bits per heavy atom. The summed E-state index contributed by atoms with van der Waals surface area (Å²) in [6, 6.07) is 10.7. The first-order valence-corrected chi connectivity index (χ1v) is 6.81. The lowest BCUT2D eigenvalue weighted by molar-refractivity contribution is 0.102. The van der Waals surface area contributed by atoms with Gasteiger partial charge >= 0.3 is 0 Å². The van der Waals surface area contributed by atoms with Crippen molar-refractivity contribution in [3.63, 3.8) is 0 Å². The van der Waals surface area contributed by atoms with Crippen molar-refractivity contribution in [3.05, 3.63) is 52.0 Å². The highest BCUT2D eigenvalue weighted by Gasteiger charge is 2.10. The molecule has 0 radical (unpaired) electrons. The summed E-state index contributed by atoms with van der Waals surface area (Å²) in [5.74, 6) is 0.449. The largest absolute Gasteiger partial charge is 0.497 e. The Kier molecular flexibility index (Phi) is 4.29. The summed E-state index contributed by atoms with van der Waals surface area (Å²) >= 11 is 3.38. The number of ether oxygens (including phenoxy) is 1. The Morgan fingerprint density at radius 3 is 2.60 bits per heavy atom. The molecular weight excluding hydrogens is 320 g/mol. The van der Waals surface area contributed by atoms with E-state index in [0.29, 0.717) is 22.7 Å². The van der Waals surface area contributed by atoms with Crippen molar-refractivity contribution in [2.75, 3.05) is 18.2 Å². The maximum absolute atomic E-state index is 12.2. The molecule has 4 nitrogen and oxygen atoms in total. The van der Waals surface area contributed by atoms with E-state index >= 15 is 0 Å². The molecule has 104 valence electrons. The second-order valence-electron chi connectivity index (χ2n) is 4.42. The van der Waals surface area contributed by atoms with Gasteiger partial charge in [-0.3, -0.25) is 4.79 Å². The lowest BCUT2D eigenvalue weighted by Crippen LogP contribution is -2.13. The number of rotatable bonds is 3. The van der Waals surface area contributed by atoms with Gasteiger partial charge in [-0.05, 0) is 42.8 Å². The fraction of sp³-hybridized carbons (Fsp3) is 0.133. The maximum Gasteiger partial charge on any atom is 0.255 e. The Bertz CT molecular complexity index is 636. The number of benzene rings is 2. The van der Waals surface area contributed by atoms with Gasteiger partial charge in [0.15, 0.2) is 0 Å². The van der Waals surface area contributed by atoms with E-state index in [4.69, 9.17) is 10.5 Å². The van der Waals surface area contributed by atoms with Crippen molar-refractivity contribution < 1.29 is 9.53 Å². The minimum atomic E-state index is -0.203. The second-order valence-corrected chi connectivity index (χ2v) is 5.34. The average molecular weight is 335 g/mol. The Morgan fingerprint density at radius 2 is 2.00 bits per heavy atom. The molecular formula is C15H15BrN2O2. The summed E-state index contributed by atoms with van der Waals surface area (Å²) < 4.78 is 5.94. The van der Waals surface area contributed by atoms with Crippen molar-refractivity contribution in [1.29, 1.82) is 0 Å². The number of carbonyl (C=O) groups excluding carboxylic acids is 1. The number of anilines is 2. The predicted molar refractivity (Wildman–Crippen MR) is 84.2 cm³/mol. The zero-order valence-electron chi connectivity index (χ0n) is 11.2. The molecule has 0 aliphatic heterocycles. The zero-order valence-corrected chi connectivity index (χ0v) is 12.8. The van der Waals surface area contributed by atoms with Crippen LogP contribution in [0.5, 0.6) is 5.75 Å². The van der Waals surface area contributed by atoms with Crippen LogP contribution in [0.4, 0.5) is 11.4 Å². The minimum Gasteiger partial charge on any atom is -0.497 e. The standard InChI is InChI=1S/C15H15BrN2O2/c1-9-5-10(7-11(16)6-9)15(19)18-14-4-3-12(20-2)8-13(14)17/h3-8H,17H2,1-2H3,(H,18,19). The van der Waals surface area contributed by atoms with Crippen LogP contribution in [0, 0.1) is 6.92 Å². The van der Waals surface area contributed by atoms with Gasteiger partial charge < -0.3 is 15.8 Å². The third-order valence-corrected chi connectivity index (χ3v) is 3.27. The van der Waals surface area contributed by atoms with Gasteiger partial charge in [0, 0.05) is 16.1 Å². The number of methoxy groups -OCH3 is 1. The molecule has 0 saturated carbocycles. The number of nitrogens with two attached hydrogens (primary N) is 1. The highest BCUT2D eigenvalue weighted by molar-refractivity contribution is 9.10. The van der Waals surface area contributed by atoms with Crippen molar-refractivity contribution >= 4 is 33.2 Å². The monoisotopic (exact) mass is 334 g/mol. The molecule has 0 spiro atoms. The van der Waals surface area contributed by atoms with Crippen LogP contribution < -0.4 is 15.8 Å². The van der Waals surface area contributed by atoms with Gasteiger partial charge in [0.2, 0.25) is 0 Å². The lowest BCUT2D eigenvalue weighted by atomic mass is 10.1. The van der Waals surface area contributed by atoms with Crippen molar-refractivity contribution in [2.24, 2.45) is 0 Å². The number of hydrogen-bond donors (Lipinski definition) is 2. The normalized spacial score (nSPS) is 10.2. The molecule has 20 heavy (non-hydrogen) atoms. The van der Waals surface area contributed by atoms with Gasteiger partial charge in [0.25, 0.3) is 5.91 Å². The topological polar surface area (TPSA) is 64.3 Å². The Balaban J connectivity index is 2.23. The Labute approximate surface area is 126 Å². The van der Waals surface area contributed by atoms with Crippen LogP contribution in [-0.4, -0.2) is 13.0 Å². The number of amides is 1. The van der Waals surface area contributed by atoms with Gasteiger partial charge in [0.1, 0.15) is 5.75 Å². The second kappa shape index (κ2) is 5.96. The van der Waals surface area contributed by atoms with Crippen LogP contribution in [0.1, 0.15) is 15.9 Å². The van der Waals surface area contributed by atoms with Gasteiger partial charge in [-0.15, -0.1) is 0 Å². The van der Waals surface area contributed by atoms with E-state index in [2.05, 4.69) is 21.2 Å². The molecule has 0 heterocycles. The van der Waals surface area contributed by atoms with Crippen LogP contribution in [0.2, 0.25) is 0 Å². The van der Waals surface area contributed by atoms with Crippen LogP contribution >= 0.6 is 15.9 Å². The fourth-order valence-electron chi connectivity index (χ4n) is 1.84. The maximum atomic E-state index is 12.2. The third kappa shape index (κ3) is 3.30. The van der Waals surface area contributed by atoms with Gasteiger partial charge in [-0.25, -0.2) is 0 Å². The molecule has 2 rings (SSSR count).